The molecule has 1 unspecified atom stereocenters. The second-order valence-electron chi connectivity index (χ2n) is 6.20. The first-order valence-electron chi connectivity index (χ1n) is 7.55. The quantitative estimate of drug-likeness (QED) is 0.854. The smallest absolute Gasteiger partial charge is 0.295 e. The summed E-state index contributed by atoms with van der Waals surface area (Å²) in [5.74, 6) is -0.568. The minimum Gasteiger partial charge on any atom is -0.295 e. The third kappa shape index (κ3) is 2.47. The summed E-state index contributed by atoms with van der Waals surface area (Å²) in [6.45, 7) is 4.05. The molecular weight excluding hydrogens is 318 g/mol. The minimum absolute atomic E-state index is 0.180. The Balaban J connectivity index is 2.30. The number of imide groups is 1. The van der Waals surface area contributed by atoms with E-state index in [4.69, 9.17) is 11.6 Å². The Hall–Kier alpha value is -2.08. The number of rotatable bonds is 2. The predicted octanol–water partition coefficient (Wildman–Crippen LogP) is 2.09. The molecule has 0 aliphatic carbocycles. The van der Waals surface area contributed by atoms with Gasteiger partial charge in [-0.1, -0.05) is 25.4 Å². The molecule has 2 heterocycles. The maximum atomic E-state index is 12.7. The highest BCUT2D eigenvalue weighted by atomic mass is 35.5. The van der Waals surface area contributed by atoms with Crippen molar-refractivity contribution in [3.8, 4) is 0 Å². The van der Waals surface area contributed by atoms with Gasteiger partial charge in [-0.3, -0.25) is 24.0 Å². The van der Waals surface area contributed by atoms with Crippen LogP contribution >= 0.6 is 11.6 Å². The Labute approximate surface area is 138 Å². The zero-order valence-electron chi connectivity index (χ0n) is 13.2. The van der Waals surface area contributed by atoms with E-state index in [1.807, 2.05) is 19.9 Å². The minimum atomic E-state index is -0.692. The molecule has 0 bridgehead atoms. The van der Waals surface area contributed by atoms with E-state index in [0.29, 0.717) is 17.0 Å². The molecule has 1 fully saturated rings. The Morgan fingerprint density at radius 1 is 1.26 bits per heavy atom. The summed E-state index contributed by atoms with van der Waals surface area (Å²) in [5, 5.41) is 2.82. The maximum absolute atomic E-state index is 12.7. The SMILES string of the molecule is CC(C)c1cc(Cl)cc2c1n(C)c(=O)n2C1CCC(=O)NC1=O. The monoisotopic (exact) mass is 335 g/mol. The average molecular weight is 336 g/mol. The number of aryl methyl sites for hydroxylation is 1. The van der Waals surface area contributed by atoms with Gasteiger partial charge in [0.25, 0.3) is 0 Å². The van der Waals surface area contributed by atoms with Crippen LogP contribution < -0.4 is 11.0 Å². The topological polar surface area (TPSA) is 73.1 Å². The van der Waals surface area contributed by atoms with Crippen molar-refractivity contribution in [2.75, 3.05) is 0 Å². The van der Waals surface area contributed by atoms with Crippen molar-refractivity contribution in [2.24, 2.45) is 7.05 Å². The van der Waals surface area contributed by atoms with Crippen molar-refractivity contribution in [2.45, 2.75) is 38.6 Å². The lowest BCUT2D eigenvalue weighted by Crippen LogP contribution is -2.44. The highest BCUT2D eigenvalue weighted by molar-refractivity contribution is 6.31. The number of aromatic nitrogens is 2. The number of carbonyl (C=O) groups excluding carboxylic acids is 2. The summed E-state index contributed by atoms with van der Waals surface area (Å²) in [6, 6.07) is 2.86. The van der Waals surface area contributed by atoms with E-state index in [0.717, 1.165) is 11.1 Å². The average Bonchev–Trinajstić information content (AvgIpc) is 2.71. The van der Waals surface area contributed by atoms with Crippen LogP contribution in [0.5, 0.6) is 0 Å². The van der Waals surface area contributed by atoms with Crippen LogP contribution in [-0.2, 0) is 16.6 Å². The summed E-state index contributed by atoms with van der Waals surface area (Å²) in [5.41, 5.74) is 2.08. The first-order chi connectivity index (χ1) is 10.8. The van der Waals surface area contributed by atoms with E-state index >= 15 is 0 Å². The number of amides is 2. The molecule has 1 saturated heterocycles. The van der Waals surface area contributed by atoms with E-state index in [1.54, 1.807) is 17.7 Å². The van der Waals surface area contributed by atoms with E-state index in [2.05, 4.69) is 5.32 Å². The first-order valence-corrected chi connectivity index (χ1v) is 7.93. The molecule has 6 nitrogen and oxygen atoms in total. The second-order valence-corrected chi connectivity index (χ2v) is 6.63. The van der Waals surface area contributed by atoms with Gasteiger partial charge in [0.2, 0.25) is 11.8 Å². The van der Waals surface area contributed by atoms with E-state index in [1.165, 1.54) is 4.57 Å². The van der Waals surface area contributed by atoms with Crippen LogP contribution in [-0.4, -0.2) is 20.9 Å². The van der Waals surface area contributed by atoms with Gasteiger partial charge in [-0.05, 0) is 30.0 Å². The fourth-order valence-electron chi connectivity index (χ4n) is 3.18. The Bertz CT molecular complexity index is 879. The summed E-state index contributed by atoms with van der Waals surface area (Å²) in [4.78, 5) is 36.3. The van der Waals surface area contributed by atoms with Crippen LogP contribution in [0.4, 0.5) is 0 Å². The van der Waals surface area contributed by atoms with E-state index in [-0.39, 0.29) is 23.9 Å². The number of hydrogen-bond acceptors (Lipinski definition) is 3. The lowest BCUT2D eigenvalue weighted by molar-refractivity contribution is -0.135. The van der Waals surface area contributed by atoms with Crippen molar-refractivity contribution >= 4 is 34.4 Å². The molecule has 1 aliphatic heterocycles. The van der Waals surface area contributed by atoms with Crippen molar-refractivity contribution in [3.05, 3.63) is 33.2 Å². The summed E-state index contributed by atoms with van der Waals surface area (Å²) in [6.07, 6.45) is 0.532. The van der Waals surface area contributed by atoms with Crippen LogP contribution in [0.1, 0.15) is 44.2 Å². The van der Waals surface area contributed by atoms with Gasteiger partial charge in [0, 0.05) is 18.5 Å². The first kappa shape index (κ1) is 15.8. The second kappa shape index (κ2) is 5.53. The van der Waals surface area contributed by atoms with Crippen LogP contribution in [0.15, 0.2) is 16.9 Å². The molecule has 0 spiro atoms. The molecule has 0 saturated carbocycles. The predicted molar refractivity (Wildman–Crippen MR) is 87.7 cm³/mol. The molecule has 1 aliphatic rings. The lowest BCUT2D eigenvalue weighted by atomic mass is 10.0. The standard InChI is InChI=1S/C16H18ClN3O3/c1-8(2)10-6-9(17)7-12-14(10)19(3)16(23)20(12)11-4-5-13(21)18-15(11)22/h6-8,11H,4-5H2,1-3H3,(H,18,21,22). The Kier molecular flexibility index (Phi) is 3.80. The van der Waals surface area contributed by atoms with Gasteiger partial charge in [-0.2, -0.15) is 0 Å². The number of carbonyl (C=O) groups is 2. The van der Waals surface area contributed by atoms with Gasteiger partial charge in [0.15, 0.2) is 0 Å². The number of piperidine rings is 1. The summed E-state index contributed by atoms with van der Waals surface area (Å²) >= 11 is 6.22. The van der Waals surface area contributed by atoms with Crippen molar-refractivity contribution in [1.29, 1.82) is 0 Å². The molecule has 1 aromatic carbocycles. The largest absolute Gasteiger partial charge is 0.329 e. The van der Waals surface area contributed by atoms with Crippen molar-refractivity contribution < 1.29 is 9.59 Å². The number of hydrogen-bond donors (Lipinski definition) is 1. The lowest BCUT2D eigenvalue weighted by Gasteiger charge is -2.22. The molecule has 0 radical (unpaired) electrons. The number of nitrogens with zero attached hydrogens (tertiary/aromatic N) is 2. The highest BCUT2D eigenvalue weighted by Crippen LogP contribution is 2.31. The Morgan fingerprint density at radius 3 is 2.57 bits per heavy atom. The zero-order valence-corrected chi connectivity index (χ0v) is 14.0. The normalized spacial score (nSPS) is 18.7. The number of imidazole rings is 1. The molecule has 2 amide bonds. The van der Waals surface area contributed by atoms with Gasteiger partial charge in [-0.15, -0.1) is 0 Å². The third-order valence-electron chi connectivity index (χ3n) is 4.32. The fraction of sp³-hybridized carbons (Fsp3) is 0.438. The molecule has 7 heteroatoms. The fourth-order valence-corrected chi connectivity index (χ4v) is 3.41. The van der Waals surface area contributed by atoms with Gasteiger partial charge in [-0.25, -0.2) is 4.79 Å². The maximum Gasteiger partial charge on any atom is 0.329 e. The van der Waals surface area contributed by atoms with Crippen molar-refractivity contribution in [3.63, 3.8) is 0 Å². The molecule has 1 aromatic heterocycles. The number of benzene rings is 1. The highest BCUT2D eigenvalue weighted by Gasteiger charge is 2.31. The van der Waals surface area contributed by atoms with Gasteiger partial charge >= 0.3 is 5.69 Å². The van der Waals surface area contributed by atoms with E-state index in [9.17, 15) is 14.4 Å². The van der Waals surface area contributed by atoms with Crippen molar-refractivity contribution in [1.82, 2.24) is 14.5 Å². The molecule has 3 rings (SSSR count). The van der Waals surface area contributed by atoms with Gasteiger partial charge in [0.05, 0.1) is 11.0 Å². The molecular formula is C16H18ClN3O3. The zero-order chi connectivity index (χ0) is 16.9. The summed E-state index contributed by atoms with van der Waals surface area (Å²) < 4.78 is 3.00. The van der Waals surface area contributed by atoms with Crippen LogP contribution in [0, 0.1) is 0 Å². The molecule has 2 aromatic rings. The van der Waals surface area contributed by atoms with Crippen LogP contribution in [0.25, 0.3) is 11.0 Å². The van der Waals surface area contributed by atoms with Crippen LogP contribution in [0.2, 0.25) is 5.02 Å². The number of nitrogens with one attached hydrogen (secondary N) is 1. The third-order valence-corrected chi connectivity index (χ3v) is 4.53. The summed E-state index contributed by atoms with van der Waals surface area (Å²) in [7, 11) is 1.69. The van der Waals surface area contributed by atoms with Gasteiger partial charge in [0.1, 0.15) is 6.04 Å². The van der Waals surface area contributed by atoms with E-state index < -0.39 is 11.9 Å². The number of fused-ring (bicyclic) bond motifs is 1. The molecule has 122 valence electrons. The van der Waals surface area contributed by atoms with Crippen LogP contribution in [0.3, 0.4) is 0 Å². The van der Waals surface area contributed by atoms with Gasteiger partial charge < -0.3 is 0 Å². The number of halogens is 1. The molecule has 1 atom stereocenters. The molecule has 23 heavy (non-hydrogen) atoms. The molecule has 1 N–H and O–H groups in total. The Morgan fingerprint density at radius 2 is 1.96 bits per heavy atom.